The molecular weight excluding hydrogens is 488 g/mol. The second kappa shape index (κ2) is 12.7. The smallest absolute Gasteiger partial charge is 0.337 e. The third kappa shape index (κ3) is 6.07. The molecule has 2 heterocycles. The van der Waals surface area contributed by atoms with Gasteiger partial charge in [-0.15, -0.1) is 0 Å². The van der Waals surface area contributed by atoms with E-state index < -0.39 is 0 Å². The van der Waals surface area contributed by atoms with E-state index >= 15 is 0 Å². The number of allylic oxidation sites excluding steroid dienone is 8. The second-order valence-corrected chi connectivity index (χ2v) is 8.86. The number of pyridine rings is 1. The first kappa shape index (κ1) is 27.3. The first-order valence-electron chi connectivity index (χ1n) is 12.9. The molecule has 0 radical (unpaired) electrons. The van der Waals surface area contributed by atoms with Gasteiger partial charge in [-0.2, -0.15) is 4.57 Å². The van der Waals surface area contributed by atoms with Crippen LogP contribution in [0.5, 0.6) is 0 Å². The number of rotatable bonds is 8. The molecule has 39 heavy (non-hydrogen) atoms. The number of ether oxygens (including phenoxy) is 2. The summed E-state index contributed by atoms with van der Waals surface area (Å²) in [5.74, 6) is -0.700. The normalized spacial score (nSPS) is 14.2. The number of hydrogen-bond acceptors (Lipinski definition) is 5. The first-order valence-corrected chi connectivity index (χ1v) is 12.9. The van der Waals surface area contributed by atoms with Gasteiger partial charge in [0.15, 0.2) is 6.20 Å². The fourth-order valence-electron chi connectivity index (χ4n) is 4.56. The SMILES string of the molecule is CCN1C=C\C(=C/C=C/C=C/C=C/c2cc[n+](CC)c3ccc(C(=O)OC)cc23)c2cc(C(=O)OC)ccc21. The van der Waals surface area contributed by atoms with Crippen molar-refractivity contribution in [3.8, 4) is 0 Å². The van der Waals surface area contributed by atoms with E-state index in [1.807, 2.05) is 78.9 Å². The third-order valence-corrected chi connectivity index (χ3v) is 6.62. The third-order valence-electron chi connectivity index (χ3n) is 6.62. The highest BCUT2D eigenvalue weighted by atomic mass is 16.5. The van der Waals surface area contributed by atoms with E-state index in [1.54, 1.807) is 12.1 Å². The van der Waals surface area contributed by atoms with Crippen LogP contribution in [0.2, 0.25) is 0 Å². The maximum atomic E-state index is 12.1. The van der Waals surface area contributed by atoms with Crippen LogP contribution >= 0.6 is 0 Å². The Bertz CT molecular complexity index is 1540. The topological polar surface area (TPSA) is 59.7 Å². The van der Waals surface area contributed by atoms with E-state index in [0.717, 1.165) is 46.4 Å². The number of benzene rings is 2. The van der Waals surface area contributed by atoms with Crippen molar-refractivity contribution in [3.63, 3.8) is 0 Å². The summed E-state index contributed by atoms with van der Waals surface area (Å²) in [7, 11) is 2.78. The number of aryl methyl sites for hydroxylation is 1. The summed E-state index contributed by atoms with van der Waals surface area (Å²) in [5.41, 5.74) is 6.19. The van der Waals surface area contributed by atoms with Crippen LogP contribution in [0.4, 0.5) is 5.69 Å². The Kier molecular flexibility index (Phi) is 8.90. The first-order chi connectivity index (χ1) is 19.0. The minimum atomic E-state index is -0.350. The van der Waals surface area contributed by atoms with Crippen LogP contribution in [0.3, 0.4) is 0 Å². The lowest BCUT2D eigenvalue weighted by Gasteiger charge is -2.26. The molecule has 0 saturated heterocycles. The van der Waals surface area contributed by atoms with Crippen molar-refractivity contribution in [1.29, 1.82) is 0 Å². The number of anilines is 1. The highest BCUT2D eigenvalue weighted by Gasteiger charge is 2.18. The molecule has 1 aromatic heterocycles. The molecule has 1 aliphatic rings. The van der Waals surface area contributed by atoms with Crippen LogP contribution in [0.15, 0.2) is 97.4 Å². The van der Waals surface area contributed by atoms with Crippen LogP contribution < -0.4 is 9.47 Å². The Morgan fingerprint density at radius 2 is 1.56 bits per heavy atom. The van der Waals surface area contributed by atoms with Crippen LogP contribution in [-0.4, -0.2) is 32.7 Å². The van der Waals surface area contributed by atoms with Gasteiger partial charge < -0.3 is 14.4 Å². The second-order valence-electron chi connectivity index (χ2n) is 8.86. The molecule has 0 atom stereocenters. The number of aromatic nitrogens is 1. The Morgan fingerprint density at radius 3 is 2.28 bits per heavy atom. The molecule has 0 saturated carbocycles. The zero-order chi connectivity index (χ0) is 27.8. The van der Waals surface area contributed by atoms with Gasteiger partial charge in [-0.3, -0.25) is 0 Å². The predicted octanol–water partition coefficient (Wildman–Crippen LogP) is 6.28. The summed E-state index contributed by atoms with van der Waals surface area (Å²) in [4.78, 5) is 26.3. The molecule has 1 aliphatic heterocycles. The molecule has 0 unspecified atom stereocenters. The van der Waals surface area contributed by atoms with E-state index in [9.17, 15) is 9.59 Å². The van der Waals surface area contributed by atoms with Gasteiger partial charge >= 0.3 is 11.9 Å². The van der Waals surface area contributed by atoms with Crippen molar-refractivity contribution in [2.45, 2.75) is 20.4 Å². The lowest BCUT2D eigenvalue weighted by molar-refractivity contribution is -0.667. The molecule has 6 nitrogen and oxygen atoms in total. The fraction of sp³-hybridized carbons (Fsp3) is 0.182. The number of methoxy groups -OCH3 is 2. The van der Waals surface area contributed by atoms with Gasteiger partial charge in [-0.25, -0.2) is 9.59 Å². The number of esters is 2. The van der Waals surface area contributed by atoms with Crippen molar-refractivity contribution < 1.29 is 23.6 Å². The maximum absolute atomic E-state index is 12.1. The van der Waals surface area contributed by atoms with Crippen molar-refractivity contribution in [2.24, 2.45) is 0 Å². The quantitative estimate of drug-likeness (QED) is 0.198. The Balaban J connectivity index is 1.53. The summed E-state index contributed by atoms with van der Waals surface area (Å²) in [6, 6.07) is 13.3. The summed E-state index contributed by atoms with van der Waals surface area (Å²) < 4.78 is 11.9. The average Bonchev–Trinajstić information content (AvgIpc) is 2.98. The summed E-state index contributed by atoms with van der Waals surface area (Å²) in [5, 5.41) is 0.988. The molecule has 0 N–H and O–H groups in total. The summed E-state index contributed by atoms with van der Waals surface area (Å²) >= 11 is 0. The highest BCUT2D eigenvalue weighted by Crippen LogP contribution is 2.33. The molecule has 0 amide bonds. The molecule has 0 spiro atoms. The lowest BCUT2D eigenvalue weighted by Crippen LogP contribution is -2.32. The van der Waals surface area contributed by atoms with Crippen molar-refractivity contribution in [2.75, 3.05) is 25.7 Å². The molecule has 4 rings (SSSR count). The van der Waals surface area contributed by atoms with Gasteiger partial charge in [0, 0.05) is 36.1 Å². The van der Waals surface area contributed by atoms with Crippen molar-refractivity contribution >= 4 is 40.2 Å². The van der Waals surface area contributed by atoms with Crippen molar-refractivity contribution in [1.82, 2.24) is 0 Å². The average molecular weight is 522 g/mol. The van der Waals surface area contributed by atoms with Crippen LogP contribution in [0.25, 0.3) is 22.6 Å². The Morgan fingerprint density at radius 1 is 0.872 bits per heavy atom. The largest absolute Gasteiger partial charge is 0.465 e. The molecule has 6 heteroatoms. The van der Waals surface area contributed by atoms with E-state index in [0.29, 0.717) is 11.1 Å². The molecule has 198 valence electrons. The summed E-state index contributed by atoms with van der Waals surface area (Å²) in [6.07, 6.45) is 20.0. The Labute approximate surface area is 229 Å². The van der Waals surface area contributed by atoms with E-state index in [4.69, 9.17) is 9.47 Å². The highest BCUT2D eigenvalue weighted by molar-refractivity contribution is 5.96. The van der Waals surface area contributed by atoms with Crippen molar-refractivity contribution in [3.05, 3.63) is 120 Å². The zero-order valence-electron chi connectivity index (χ0n) is 22.8. The summed E-state index contributed by atoms with van der Waals surface area (Å²) in [6.45, 7) is 5.84. The number of fused-ring (bicyclic) bond motifs is 2. The zero-order valence-corrected chi connectivity index (χ0v) is 22.8. The molecule has 3 aromatic rings. The van der Waals surface area contributed by atoms with E-state index in [2.05, 4.69) is 35.7 Å². The van der Waals surface area contributed by atoms with E-state index in [1.165, 1.54) is 14.2 Å². The molecule has 0 fully saturated rings. The number of carbonyl (C=O) groups is 2. The van der Waals surface area contributed by atoms with Gasteiger partial charge in [0.05, 0.1) is 30.7 Å². The van der Waals surface area contributed by atoms with Gasteiger partial charge in [-0.05, 0) is 61.4 Å². The van der Waals surface area contributed by atoms with Crippen LogP contribution in [-0.2, 0) is 16.0 Å². The number of carbonyl (C=O) groups excluding carboxylic acids is 2. The van der Waals surface area contributed by atoms with Crippen LogP contribution in [0, 0.1) is 0 Å². The minimum absolute atomic E-state index is 0.350. The maximum Gasteiger partial charge on any atom is 0.337 e. The van der Waals surface area contributed by atoms with Gasteiger partial charge in [-0.1, -0.05) is 42.5 Å². The van der Waals surface area contributed by atoms with Gasteiger partial charge in [0.1, 0.15) is 6.54 Å². The number of nitrogens with zero attached hydrogens (tertiary/aromatic N) is 2. The van der Waals surface area contributed by atoms with E-state index in [-0.39, 0.29) is 11.9 Å². The van der Waals surface area contributed by atoms with Crippen LogP contribution in [0.1, 0.15) is 45.7 Å². The fourth-order valence-corrected chi connectivity index (χ4v) is 4.56. The van der Waals surface area contributed by atoms with Gasteiger partial charge in [0.2, 0.25) is 5.52 Å². The molecule has 0 bridgehead atoms. The molecule has 0 aliphatic carbocycles. The minimum Gasteiger partial charge on any atom is -0.465 e. The standard InChI is InChI=1S/C33H33N2O4/c1-5-34-20-18-24(28-22-26(32(36)38-3)14-16-30(28)34)12-10-8-7-9-11-13-25-19-21-35(6-2)31-17-15-27(23-29(25)31)33(37)39-4/h7-23H,5-6H2,1-4H3/q+1. The predicted molar refractivity (Wildman–Crippen MR) is 156 cm³/mol. The molecular formula is C33H33N2O4+. The van der Waals surface area contributed by atoms with Gasteiger partial charge in [0.25, 0.3) is 0 Å². The monoisotopic (exact) mass is 521 g/mol. The Hall–Kier alpha value is -4.71. The lowest BCUT2D eigenvalue weighted by atomic mass is 9.97. The number of hydrogen-bond donors (Lipinski definition) is 0. The molecule has 2 aromatic carbocycles.